The number of anilines is 1. The number of likely N-dealkylation sites (N-methyl/N-ethyl adjacent to an activating group) is 1. The van der Waals surface area contributed by atoms with E-state index < -0.39 is 5.97 Å². The van der Waals surface area contributed by atoms with Crippen LogP contribution in [0.4, 0.5) is 5.13 Å². The summed E-state index contributed by atoms with van der Waals surface area (Å²) in [5.74, 6) is -0.842. The van der Waals surface area contributed by atoms with Crippen molar-refractivity contribution in [1.82, 2.24) is 9.88 Å². The molecule has 112 valence electrons. The molecule has 5 nitrogen and oxygen atoms in total. The second-order valence-corrected chi connectivity index (χ2v) is 5.84. The number of thiazole rings is 1. The Hall–Kier alpha value is -1.92. The molecular formula is C15H19N3O2S. The number of nitrogens with zero attached hydrogens (tertiary/aromatic N) is 3. The predicted octanol–water partition coefficient (Wildman–Crippen LogP) is 2.26. The molecule has 21 heavy (non-hydrogen) atoms. The second kappa shape index (κ2) is 7.19. The van der Waals surface area contributed by atoms with Gasteiger partial charge in [0.2, 0.25) is 0 Å². The zero-order chi connectivity index (χ0) is 15.2. The zero-order valence-corrected chi connectivity index (χ0v) is 13.0. The average molecular weight is 305 g/mol. The Labute approximate surface area is 128 Å². The van der Waals surface area contributed by atoms with Crippen LogP contribution in [0.1, 0.15) is 0 Å². The van der Waals surface area contributed by atoms with Crippen molar-refractivity contribution in [3.05, 3.63) is 35.7 Å². The standard InChI is InChI=1S/C15H19N3O2S/c1-17(2)8-9-18(10-14(19)20)15-16-13(11-21-15)12-6-4-3-5-7-12/h3-7,11H,8-10H2,1-2H3,(H,19,20). The summed E-state index contributed by atoms with van der Waals surface area (Å²) in [6.45, 7) is 1.39. The fourth-order valence-corrected chi connectivity index (χ4v) is 2.74. The molecule has 0 aliphatic rings. The molecule has 0 fully saturated rings. The highest BCUT2D eigenvalue weighted by atomic mass is 32.1. The Morgan fingerprint density at radius 2 is 1.95 bits per heavy atom. The summed E-state index contributed by atoms with van der Waals surface area (Å²) in [4.78, 5) is 19.4. The van der Waals surface area contributed by atoms with Crippen LogP contribution in [0.2, 0.25) is 0 Å². The van der Waals surface area contributed by atoms with Crippen molar-refractivity contribution in [3.8, 4) is 11.3 Å². The van der Waals surface area contributed by atoms with Gasteiger partial charge in [0.1, 0.15) is 6.54 Å². The van der Waals surface area contributed by atoms with Crippen molar-refractivity contribution in [2.45, 2.75) is 0 Å². The van der Waals surface area contributed by atoms with Crippen LogP contribution in [0.25, 0.3) is 11.3 Å². The molecule has 0 bridgehead atoms. The highest BCUT2D eigenvalue weighted by Gasteiger charge is 2.15. The van der Waals surface area contributed by atoms with Crippen molar-refractivity contribution in [1.29, 1.82) is 0 Å². The summed E-state index contributed by atoms with van der Waals surface area (Å²) < 4.78 is 0. The molecule has 1 N–H and O–H groups in total. The van der Waals surface area contributed by atoms with Crippen LogP contribution >= 0.6 is 11.3 Å². The van der Waals surface area contributed by atoms with Crippen molar-refractivity contribution in [2.24, 2.45) is 0 Å². The molecule has 1 aromatic heterocycles. The van der Waals surface area contributed by atoms with Gasteiger partial charge in [0.05, 0.1) is 5.69 Å². The molecule has 1 aromatic carbocycles. The van der Waals surface area contributed by atoms with Gasteiger partial charge in [-0.3, -0.25) is 4.79 Å². The van der Waals surface area contributed by atoms with E-state index >= 15 is 0 Å². The topological polar surface area (TPSA) is 56.7 Å². The Balaban J connectivity index is 2.16. The Kier molecular flexibility index (Phi) is 5.30. The minimum atomic E-state index is -0.842. The van der Waals surface area contributed by atoms with Crippen molar-refractivity contribution in [2.75, 3.05) is 38.6 Å². The number of carbonyl (C=O) groups is 1. The van der Waals surface area contributed by atoms with Gasteiger partial charge in [0.15, 0.2) is 5.13 Å². The van der Waals surface area contributed by atoms with Crippen LogP contribution < -0.4 is 4.90 Å². The van der Waals surface area contributed by atoms with Gasteiger partial charge in [-0.15, -0.1) is 11.3 Å². The van der Waals surface area contributed by atoms with Gasteiger partial charge >= 0.3 is 5.97 Å². The van der Waals surface area contributed by atoms with E-state index in [1.807, 2.05) is 54.7 Å². The number of carboxylic acid groups (broad SMARTS) is 1. The maximum atomic E-state index is 11.0. The minimum Gasteiger partial charge on any atom is -0.480 e. The number of hydrogen-bond donors (Lipinski definition) is 1. The lowest BCUT2D eigenvalue weighted by Crippen LogP contribution is -2.35. The first-order valence-corrected chi connectivity index (χ1v) is 7.56. The van der Waals surface area contributed by atoms with E-state index in [4.69, 9.17) is 5.11 Å². The smallest absolute Gasteiger partial charge is 0.323 e. The molecule has 2 aromatic rings. The van der Waals surface area contributed by atoms with Crippen LogP contribution in [0, 0.1) is 0 Å². The van der Waals surface area contributed by atoms with E-state index in [0.29, 0.717) is 6.54 Å². The van der Waals surface area contributed by atoms with E-state index in [1.165, 1.54) is 11.3 Å². The fraction of sp³-hybridized carbons (Fsp3) is 0.333. The summed E-state index contributed by atoms with van der Waals surface area (Å²) in [6.07, 6.45) is 0. The lowest BCUT2D eigenvalue weighted by molar-refractivity contribution is -0.135. The first-order valence-electron chi connectivity index (χ1n) is 6.68. The number of benzene rings is 1. The molecule has 0 unspecified atom stereocenters. The summed E-state index contributed by atoms with van der Waals surface area (Å²) in [5.41, 5.74) is 1.93. The lowest BCUT2D eigenvalue weighted by Gasteiger charge is -2.21. The molecule has 2 rings (SSSR count). The molecule has 0 saturated carbocycles. The first-order chi connectivity index (χ1) is 10.1. The van der Waals surface area contributed by atoms with Gasteiger partial charge in [-0.05, 0) is 14.1 Å². The number of rotatable bonds is 7. The van der Waals surface area contributed by atoms with Crippen molar-refractivity contribution < 1.29 is 9.90 Å². The number of aliphatic carboxylic acids is 1. The SMILES string of the molecule is CN(C)CCN(CC(=O)O)c1nc(-c2ccccc2)cs1. The Bertz CT molecular complexity index is 584. The van der Waals surface area contributed by atoms with Crippen molar-refractivity contribution in [3.63, 3.8) is 0 Å². The molecular weight excluding hydrogens is 286 g/mol. The average Bonchev–Trinajstić information content (AvgIpc) is 2.93. The third kappa shape index (κ3) is 4.54. The van der Waals surface area contributed by atoms with E-state index in [-0.39, 0.29) is 6.54 Å². The third-order valence-electron chi connectivity index (χ3n) is 2.98. The number of hydrogen-bond acceptors (Lipinski definition) is 5. The molecule has 0 aliphatic heterocycles. The van der Waals surface area contributed by atoms with Gasteiger partial charge in [-0.25, -0.2) is 4.98 Å². The number of carboxylic acids is 1. The van der Waals surface area contributed by atoms with E-state index in [1.54, 1.807) is 4.90 Å². The highest BCUT2D eigenvalue weighted by Crippen LogP contribution is 2.27. The fourth-order valence-electron chi connectivity index (χ4n) is 1.88. The molecule has 0 aliphatic carbocycles. The van der Waals surface area contributed by atoms with Gasteiger partial charge in [-0.1, -0.05) is 30.3 Å². The molecule has 0 amide bonds. The van der Waals surface area contributed by atoms with E-state index in [2.05, 4.69) is 4.98 Å². The van der Waals surface area contributed by atoms with E-state index in [0.717, 1.165) is 22.9 Å². The first kappa shape index (κ1) is 15.5. The molecule has 1 heterocycles. The molecule has 0 spiro atoms. The maximum absolute atomic E-state index is 11.0. The normalized spacial score (nSPS) is 10.8. The predicted molar refractivity (Wildman–Crippen MR) is 86.0 cm³/mol. The zero-order valence-electron chi connectivity index (χ0n) is 12.2. The second-order valence-electron chi connectivity index (χ2n) is 5.00. The molecule has 0 saturated heterocycles. The Morgan fingerprint density at radius 1 is 1.24 bits per heavy atom. The Morgan fingerprint density at radius 3 is 2.57 bits per heavy atom. The van der Waals surface area contributed by atoms with E-state index in [9.17, 15) is 4.79 Å². The van der Waals surface area contributed by atoms with Crippen LogP contribution in [-0.2, 0) is 4.79 Å². The van der Waals surface area contributed by atoms with Gasteiger partial charge in [0, 0.05) is 24.0 Å². The monoisotopic (exact) mass is 305 g/mol. The lowest BCUT2D eigenvalue weighted by atomic mass is 10.2. The maximum Gasteiger partial charge on any atom is 0.323 e. The van der Waals surface area contributed by atoms with Crippen LogP contribution in [0.15, 0.2) is 35.7 Å². The van der Waals surface area contributed by atoms with Crippen LogP contribution in [0.3, 0.4) is 0 Å². The summed E-state index contributed by atoms with van der Waals surface area (Å²) in [5, 5.41) is 11.8. The quantitative estimate of drug-likeness (QED) is 0.850. The molecule has 0 atom stereocenters. The summed E-state index contributed by atoms with van der Waals surface area (Å²) >= 11 is 1.48. The van der Waals surface area contributed by atoms with Crippen LogP contribution in [0.5, 0.6) is 0 Å². The third-order valence-corrected chi connectivity index (χ3v) is 3.88. The minimum absolute atomic E-state index is 0.0322. The summed E-state index contributed by atoms with van der Waals surface area (Å²) in [6, 6.07) is 9.90. The highest BCUT2D eigenvalue weighted by molar-refractivity contribution is 7.14. The summed E-state index contributed by atoms with van der Waals surface area (Å²) in [7, 11) is 3.94. The van der Waals surface area contributed by atoms with Gasteiger partial charge < -0.3 is 14.9 Å². The number of aromatic nitrogens is 1. The largest absolute Gasteiger partial charge is 0.480 e. The van der Waals surface area contributed by atoms with Crippen molar-refractivity contribution >= 4 is 22.4 Å². The molecule has 6 heteroatoms. The van der Waals surface area contributed by atoms with Gasteiger partial charge in [0.25, 0.3) is 0 Å². The van der Waals surface area contributed by atoms with Gasteiger partial charge in [-0.2, -0.15) is 0 Å². The molecule has 0 radical (unpaired) electrons. The van der Waals surface area contributed by atoms with Crippen LogP contribution in [-0.4, -0.2) is 54.7 Å².